The first-order chi connectivity index (χ1) is 8.20. The van der Waals surface area contributed by atoms with E-state index >= 15 is 0 Å². The third-order valence-electron chi connectivity index (χ3n) is 3.33. The Labute approximate surface area is 107 Å². The highest BCUT2D eigenvalue weighted by molar-refractivity contribution is 6.33. The zero-order valence-electron chi connectivity index (χ0n) is 10.2. The van der Waals surface area contributed by atoms with Crippen molar-refractivity contribution in [2.45, 2.75) is 12.8 Å². The van der Waals surface area contributed by atoms with Crippen LogP contribution in [0.3, 0.4) is 0 Å². The summed E-state index contributed by atoms with van der Waals surface area (Å²) in [5.74, 6) is 0.684. The van der Waals surface area contributed by atoms with Gasteiger partial charge in [0, 0.05) is 32.5 Å². The number of nitrogens with zero attached hydrogens (tertiary/aromatic N) is 1. The van der Waals surface area contributed by atoms with E-state index in [4.69, 9.17) is 22.1 Å². The molecule has 3 nitrogen and oxygen atoms in total. The Balaban J connectivity index is 2.00. The second-order valence-corrected chi connectivity index (χ2v) is 5.00. The van der Waals surface area contributed by atoms with Gasteiger partial charge in [-0.05, 0) is 37.0 Å². The SMILES string of the molecule is COCC1CCN(c2ccc(N)cc2Cl)CC1. The van der Waals surface area contributed by atoms with E-state index in [0.717, 1.165) is 43.2 Å². The van der Waals surface area contributed by atoms with Crippen molar-refractivity contribution < 1.29 is 4.74 Å². The van der Waals surface area contributed by atoms with Crippen molar-refractivity contribution in [3.63, 3.8) is 0 Å². The van der Waals surface area contributed by atoms with Crippen LogP contribution in [0, 0.1) is 5.92 Å². The predicted molar refractivity (Wildman–Crippen MR) is 72.7 cm³/mol. The molecule has 2 N–H and O–H groups in total. The van der Waals surface area contributed by atoms with Crippen molar-refractivity contribution in [3.05, 3.63) is 23.2 Å². The van der Waals surface area contributed by atoms with Gasteiger partial charge in [-0.2, -0.15) is 0 Å². The number of halogens is 1. The Morgan fingerprint density at radius 1 is 1.41 bits per heavy atom. The van der Waals surface area contributed by atoms with E-state index in [0.29, 0.717) is 11.6 Å². The van der Waals surface area contributed by atoms with Gasteiger partial charge in [0.1, 0.15) is 0 Å². The fourth-order valence-corrected chi connectivity index (χ4v) is 2.66. The zero-order valence-corrected chi connectivity index (χ0v) is 10.9. The second kappa shape index (κ2) is 5.61. The molecule has 0 amide bonds. The summed E-state index contributed by atoms with van der Waals surface area (Å²) in [6.45, 7) is 2.94. The van der Waals surface area contributed by atoms with Crippen LogP contribution in [0.1, 0.15) is 12.8 Å². The van der Waals surface area contributed by atoms with Crippen molar-refractivity contribution >= 4 is 23.0 Å². The molecular weight excluding hydrogens is 236 g/mol. The van der Waals surface area contributed by atoms with E-state index in [1.165, 1.54) is 0 Å². The summed E-state index contributed by atoms with van der Waals surface area (Å²) in [5.41, 5.74) is 7.51. The van der Waals surface area contributed by atoms with E-state index in [1.54, 1.807) is 7.11 Å². The van der Waals surface area contributed by atoms with Crippen LogP contribution in [0.15, 0.2) is 18.2 Å². The molecule has 17 heavy (non-hydrogen) atoms. The molecule has 0 bridgehead atoms. The number of hydrogen-bond acceptors (Lipinski definition) is 3. The van der Waals surface area contributed by atoms with E-state index in [9.17, 15) is 0 Å². The molecule has 1 saturated heterocycles. The standard InChI is InChI=1S/C13H19ClN2O/c1-17-9-10-4-6-16(7-5-10)13-3-2-11(15)8-12(13)14/h2-3,8,10H,4-7,9,15H2,1H3. The highest BCUT2D eigenvalue weighted by Crippen LogP contribution is 2.31. The molecule has 94 valence electrons. The minimum atomic E-state index is 0.684. The lowest BCUT2D eigenvalue weighted by Gasteiger charge is -2.33. The van der Waals surface area contributed by atoms with Gasteiger partial charge in [0.2, 0.25) is 0 Å². The topological polar surface area (TPSA) is 38.5 Å². The molecule has 1 aromatic rings. The number of anilines is 2. The van der Waals surface area contributed by atoms with Crippen molar-refractivity contribution in [3.8, 4) is 0 Å². The van der Waals surface area contributed by atoms with Crippen LogP contribution in [-0.2, 0) is 4.74 Å². The molecule has 1 fully saturated rings. The number of methoxy groups -OCH3 is 1. The van der Waals surface area contributed by atoms with Gasteiger partial charge in [0.25, 0.3) is 0 Å². The molecule has 1 aliphatic rings. The first kappa shape index (κ1) is 12.5. The van der Waals surface area contributed by atoms with Gasteiger partial charge in [-0.3, -0.25) is 0 Å². The monoisotopic (exact) mass is 254 g/mol. The van der Waals surface area contributed by atoms with Crippen molar-refractivity contribution in [2.24, 2.45) is 5.92 Å². The van der Waals surface area contributed by atoms with Gasteiger partial charge in [-0.25, -0.2) is 0 Å². The third-order valence-corrected chi connectivity index (χ3v) is 3.63. The number of piperidine rings is 1. The summed E-state index contributed by atoms with van der Waals surface area (Å²) in [4.78, 5) is 2.33. The summed E-state index contributed by atoms with van der Waals surface area (Å²) in [7, 11) is 1.77. The Hall–Kier alpha value is -0.930. The molecule has 0 radical (unpaired) electrons. The minimum absolute atomic E-state index is 0.684. The summed E-state index contributed by atoms with van der Waals surface area (Å²) in [6, 6.07) is 5.73. The number of rotatable bonds is 3. The lowest BCUT2D eigenvalue weighted by atomic mass is 9.97. The molecule has 0 aromatic heterocycles. The molecule has 2 rings (SSSR count). The maximum Gasteiger partial charge on any atom is 0.0660 e. The quantitative estimate of drug-likeness (QED) is 0.843. The lowest BCUT2D eigenvalue weighted by molar-refractivity contribution is 0.139. The fraction of sp³-hybridized carbons (Fsp3) is 0.538. The van der Waals surface area contributed by atoms with E-state index in [-0.39, 0.29) is 0 Å². The van der Waals surface area contributed by atoms with E-state index in [1.807, 2.05) is 18.2 Å². The maximum atomic E-state index is 6.21. The Bertz CT molecular complexity index is 376. The lowest BCUT2D eigenvalue weighted by Crippen LogP contribution is -2.35. The van der Waals surface area contributed by atoms with Gasteiger partial charge in [-0.1, -0.05) is 11.6 Å². The Morgan fingerprint density at radius 2 is 2.12 bits per heavy atom. The highest BCUT2D eigenvalue weighted by Gasteiger charge is 2.20. The molecule has 0 saturated carbocycles. The van der Waals surface area contributed by atoms with Crippen molar-refractivity contribution in [1.29, 1.82) is 0 Å². The molecule has 0 spiro atoms. The van der Waals surface area contributed by atoms with Crippen molar-refractivity contribution in [2.75, 3.05) is 37.4 Å². The smallest absolute Gasteiger partial charge is 0.0660 e. The summed E-state index contributed by atoms with van der Waals surface area (Å²) in [6.07, 6.45) is 2.32. The van der Waals surface area contributed by atoms with E-state index in [2.05, 4.69) is 4.90 Å². The average Bonchev–Trinajstić information content (AvgIpc) is 2.31. The van der Waals surface area contributed by atoms with Gasteiger partial charge in [0.05, 0.1) is 10.7 Å². The molecule has 0 atom stereocenters. The summed E-state index contributed by atoms with van der Waals surface area (Å²) >= 11 is 6.21. The Morgan fingerprint density at radius 3 is 2.71 bits per heavy atom. The van der Waals surface area contributed by atoms with Crippen LogP contribution in [0.2, 0.25) is 5.02 Å². The molecule has 0 unspecified atom stereocenters. The molecule has 4 heteroatoms. The van der Waals surface area contributed by atoms with Crippen molar-refractivity contribution in [1.82, 2.24) is 0 Å². The van der Waals surface area contributed by atoms with Crippen LogP contribution in [0.5, 0.6) is 0 Å². The van der Waals surface area contributed by atoms with Crippen LogP contribution < -0.4 is 10.6 Å². The number of benzene rings is 1. The Kier molecular flexibility index (Phi) is 4.13. The largest absolute Gasteiger partial charge is 0.399 e. The minimum Gasteiger partial charge on any atom is -0.399 e. The maximum absolute atomic E-state index is 6.21. The molecule has 1 aliphatic heterocycles. The van der Waals surface area contributed by atoms with E-state index < -0.39 is 0 Å². The first-order valence-electron chi connectivity index (χ1n) is 5.99. The molecule has 1 aromatic carbocycles. The van der Waals surface area contributed by atoms with Gasteiger partial charge >= 0.3 is 0 Å². The van der Waals surface area contributed by atoms with Crippen LogP contribution in [0.4, 0.5) is 11.4 Å². The normalized spacial score (nSPS) is 17.4. The highest BCUT2D eigenvalue weighted by atomic mass is 35.5. The number of hydrogen-bond donors (Lipinski definition) is 1. The van der Waals surface area contributed by atoms with Gasteiger partial charge in [-0.15, -0.1) is 0 Å². The summed E-state index contributed by atoms with van der Waals surface area (Å²) in [5, 5.41) is 0.746. The number of nitrogens with two attached hydrogens (primary N) is 1. The fourth-order valence-electron chi connectivity index (χ4n) is 2.36. The first-order valence-corrected chi connectivity index (χ1v) is 6.37. The van der Waals surface area contributed by atoms with Gasteiger partial charge < -0.3 is 15.4 Å². The number of ether oxygens (including phenoxy) is 1. The molecule has 1 heterocycles. The second-order valence-electron chi connectivity index (χ2n) is 4.60. The molecular formula is C13H19ClN2O. The number of nitrogen functional groups attached to an aromatic ring is 1. The van der Waals surface area contributed by atoms with Crippen LogP contribution in [-0.4, -0.2) is 26.8 Å². The van der Waals surface area contributed by atoms with Crippen LogP contribution >= 0.6 is 11.6 Å². The third kappa shape index (κ3) is 3.05. The van der Waals surface area contributed by atoms with Gasteiger partial charge in [0.15, 0.2) is 0 Å². The predicted octanol–water partition coefficient (Wildman–Crippen LogP) is 2.79. The van der Waals surface area contributed by atoms with Crippen LogP contribution in [0.25, 0.3) is 0 Å². The zero-order chi connectivity index (χ0) is 12.3. The molecule has 0 aliphatic carbocycles. The summed E-state index contributed by atoms with van der Waals surface area (Å²) < 4.78 is 5.20. The average molecular weight is 255 g/mol.